The zero-order valence-electron chi connectivity index (χ0n) is 8.90. The first kappa shape index (κ1) is 13.8. The molecule has 0 radical (unpaired) electrons. The molecule has 1 aliphatic heterocycles. The van der Waals surface area contributed by atoms with Gasteiger partial charge in [-0.2, -0.15) is 0 Å². The predicted octanol–water partition coefficient (Wildman–Crippen LogP) is 0.533. The lowest BCUT2D eigenvalue weighted by molar-refractivity contribution is 0.436. The Balaban J connectivity index is 0.00000144. The third-order valence-electron chi connectivity index (χ3n) is 2.53. The predicted molar refractivity (Wildman–Crippen MR) is 67.2 cm³/mol. The summed E-state index contributed by atoms with van der Waals surface area (Å²) in [5, 5.41) is 7.64. The average Bonchev–Trinajstić information content (AvgIpc) is 2.60. The molecular weight excluding hydrogens is 267 g/mol. The van der Waals surface area contributed by atoms with Crippen molar-refractivity contribution < 1.29 is 0 Å². The van der Waals surface area contributed by atoms with Crippen molar-refractivity contribution in [2.75, 3.05) is 6.54 Å². The van der Waals surface area contributed by atoms with Gasteiger partial charge in [0.05, 0.1) is 18.1 Å². The SMILES string of the molecule is Cl.N=C1CCCN1Cc1cc(=O)[nH]c(=O)n1Cl. The van der Waals surface area contributed by atoms with Crippen LogP contribution >= 0.6 is 24.2 Å². The molecule has 0 atom stereocenters. The van der Waals surface area contributed by atoms with Crippen LogP contribution in [0.2, 0.25) is 0 Å². The molecule has 94 valence electrons. The van der Waals surface area contributed by atoms with E-state index in [0.717, 1.165) is 23.5 Å². The first-order valence-corrected chi connectivity index (χ1v) is 5.25. The molecule has 0 aliphatic carbocycles. The summed E-state index contributed by atoms with van der Waals surface area (Å²) in [5.41, 5.74) is -0.709. The molecule has 2 N–H and O–H groups in total. The minimum atomic E-state index is -0.644. The minimum absolute atomic E-state index is 0. The van der Waals surface area contributed by atoms with Crippen LogP contribution in [-0.2, 0) is 6.54 Å². The van der Waals surface area contributed by atoms with Crippen molar-refractivity contribution in [1.82, 2.24) is 14.0 Å². The highest BCUT2D eigenvalue weighted by atomic mass is 35.5. The molecule has 17 heavy (non-hydrogen) atoms. The molecule has 0 aromatic carbocycles. The molecule has 0 spiro atoms. The van der Waals surface area contributed by atoms with Gasteiger partial charge in [0.2, 0.25) is 0 Å². The zero-order valence-corrected chi connectivity index (χ0v) is 10.5. The van der Waals surface area contributed by atoms with E-state index in [-0.39, 0.29) is 12.4 Å². The smallest absolute Gasteiger partial charge is 0.343 e. The van der Waals surface area contributed by atoms with Crippen molar-refractivity contribution >= 4 is 30.0 Å². The lowest BCUT2D eigenvalue weighted by Crippen LogP contribution is -2.32. The molecule has 1 fully saturated rings. The van der Waals surface area contributed by atoms with E-state index in [9.17, 15) is 9.59 Å². The van der Waals surface area contributed by atoms with Crippen LogP contribution in [0.3, 0.4) is 0 Å². The van der Waals surface area contributed by atoms with Crippen LogP contribution in [0.25, 0.3) is 0 Å². The summed E-state index contributed by atoms with van der Waals surface area (Å²) in [5.74, 6) is 0.518. The van der Waals surface area contributed by atoms with Crippen LogP contribution in [0.15, 0.2) is 15.7 Å². The van der Waals surface area contributed by atoms with Crippen molar-refractivity contribution in [3.05, 3.63) is 32.6 Å². The maximum atomic E-state index is 11.2. The first-order valence-electron chi connectivity index (χ1n) is 4.92. The topological polar surface area (TPSA) is 82.0 Å². The number of hydrogen-bond donors (Lipinski definition) is 2. The second-order valence-electron chi connectivity index (χ2n) is 3.68. The largest absolute Gasteiger partial charge is 0.355 e. The lowest BCUT2D eigenvalue weighted by atomic mass is 10.3. The number of aromatic amines is 1. The molecule has 0 bridgehead atoms. The monoisotopic (exact) mass is 278 g/mol. The second-order valence-corrected chi connectivity index (χ2v) is 4.02. The fourth-order valence-corrected chi connectivity index (χ4v) is 1.88. The number of H-pyrrole nitrogens is 1. The molecule has 2 heterocycles. The van der Waals surface area contributed by atoms with E-state index in [1.807, 2.05) is 0 Å². The van der Waals surface area contributed by atoms with Crippen molar-refractivity contribution in [3.63, 3.8) is 0 Å². The minimum Gasteiger partial charge on any atom is -0.355 e. The van der Waals surface area contributed by atoms with Gasteiger partial charge in [0.25, 0.3) is 5.56 Å². The Morgan fingerprint density at radius 1 is 1.47 bits per heavy atom. The van der Waals surface area contributed by atoms with Crippen molar-refractivity contribution in [3.8, 4) is 0 Å². The van der Waals surface area contributed by atoms with Gasteiger partial charge in [-0.05, 0) is 6.42 Å². The van der Waals surface area contributed by atoms with E-state index in [0.29, 0.717) is 18.1 Å². The summed E-state index contributed by atoms with van der Waals surface area (Å²) < 4.78 is 0.882. The second kappa shape index (κ2) is 5.37. The van der Waals surface area contributed by atoms with E-state index < -0.39 is 11.2 Å². The summed E-state index contributed by atoms with van der Waals surface area (Å²) in [7, 11) is 0. The van der Waals surface area contributed by atoms with Crippen molar-refractivity contribution in [2.24, 2.45) is 0 Å². The van der Waals surface area contributed by atoms with E-state index in [1.54, 1.807) is 4.90 Å². The van der Waals surface area contributed by atoms with Gasteiger partial charge < -0.3 is 4.90 Å². The molecular formula is C9H12Cl2N4O2. The van der Waals surface area contributed by atoms with E-state index in [4.69, 9.17) is 17.2 Å². The number of rotatable bonds is 2. The summed E-state index contributed by atoms with van der Waals surface area (Å²) in [6, 6.07) is 1.28. The molecule has 1 saturated heterocycles. The van der Waals surface area contributed by atoms with Gasteiger partial charge in [-0.1, -0.05) is 0 Å². The molecule has 0 saturated carbocycles. The highest BCUT2D eigenvalue weighted by Crippen LogP contribution is 2.13. The standard InChI is InChI=1S/C9H11ClN4O2.ClH/c10-14-6(4-8(15)12-9(14)16)5-13-3-1-2-7(13)11;/h4,11H,1-3,5H2,(H,12,15,16);1H. The van der Waals surface area contributed by atoms with Gasteiger partial charge >= 0.3 is 5.69 Å². The van der Waals surface area contributed by atoms with Crippen LogP contribution in [0.5, 0.6) is 0 Å². The maximum absolute atomic E-state index is 11.2. The van der Waals surface area contributed by atoms with Gasteiger partial charge in [0.15, 0.2) is 0 Å². The van der Waals surface area contributed by atoms with Crippen LogP contribution in [0.4, 0.5) is 0 Å². The summed E-state index contributed by atoms with van der Waals surface area (Å²) in [6.07, 6.45) is 1.66. The van der Waals surface area contributed by atoms with E-state index in [1.165, 1.54) is 6.07 Å². The zero-order chi connectivity index (χ0) is 11.7. The summed E-state index contributed by atoms with van der Waals surface area (Å²) in [6.45, 7) is 1.08. The summed E-state index contributed by atoms with van der Waals surface area (Å²) >= 11 is 5.73. The number of hydrogen-bond acceptors (Lipinski definition) is 3. The number of nitrogens with zero attached hydrogens (tertiary/aromatic N) is 2. The van der Waals surface area contributed by atoms with Gasteiger partial charge in [-0.3, -0.25) is 15.2 Å². The van der Waals surface area contributed by atoms with Crippen LogP contribution < -0.4 is 11.2 Å². The molecule has 1 aromatic heterocycles. The van der Waals surface area contributed by atoms with E-state index >= 15 is 0 Å². The number of halogens is 2. The Bertz CT molecular complexity index is 537. The number of likely N-dealkylation sites (tertiary alicyclic amines) is 1. The third kappa shape index (κ3) is 2.89. The van der Waals surface area contributed by atoms with Gasteiger partial charge in [0, 0.05) is 30.8 Å². The fourth-order valence-electron chi connectivity index (χ4n) is 1.74. The molecule has 6 nitrogen and oxygen atoms in total. The Hall–Kier alpha value is -1.27. The van der Waals surface area contributed by atoms with E-state index in [2.05, 4.69) is 4.98 Å². The number of amidine groups is 1. The number of nitrogens with one attached hydrogen (secondary N) is 2. The Morgan fingerprint density at radius 3 is 2.76 bits per heavy atom. The Kier molecular flexibility index (Phi) is 4.36. The molecule has 1 aromatic rings. The average molecular weight is 279 g/mol. The molecule has 8 heteroatoms. The fraction of sp³-hybridized carbons (Fsp3) is 0.444. The maximum Gasteiger partial charge on any atom is 0.343 e. The van der Waals surface area contributed by atoms with Gasteiger partial charge in [0.1, 0.15) is 0 Å². The van der Waals surface area contributed by atoms with Crippen LogP contribution in [0, 0.1) is 5.41 Å². The quantitative estimate of drug-likeness (QED) is 0.828. The summed E-state index contributed by atoms with van der Waals surface area (Å²) in [4.78, 5) is 26.2. The highest BCUT2D eigenvalue weighted by Gasteiger charge is 2.18. The van der Waals surface area contributed by atoms with Gasteiger partial charge in [-0.25, -0.2) is 8.88 Å². The Labute approximate surface area is 108 Å². The van der Waals surface area contributed by atoms with Gasteiger partial charge in [-0.15, -0.1) is 12.4 Å². The third-order valence-corrected chi connectivity index (χ3v) is 2.91. The molecule has 0 amide bonds. The molecule has 2 rings (SSSR count). The first-order chi connectivity index (χ1) is 7.58. The Morgan fingerprint density at radius 2 is 2.18 bits per heavy atom. The number of aromatic nitrogens is 2. The van der Waals surface area contributed by atoms with Crippen LogP contribution in [0.1, 0.15) is 18.5 Å². The highest BCUT2D eigenvalue weighted by molar-refractivity contribution is 6.15. The lowest BCUT2D eigenvalue weighted by Gasteiger charge is -2.17. The van der Waals surface area contributed by atoms with Crippen molar-refractivity contribution in [1.29, 1.82) is 5.41 Å². The molecule has 0 unspecified atom stereocenters. The van der Waals surface area contributed by atoms with Crippen molar-refractivity contribution in [2.45, 2.75) is 19.4 Å². The van der Waals surface area contributed by atoms with Crippen LogP contribution in [-0.4, -0.2) is 26.4 Å². The normalized spacial score (nSPS) is 14.9. The molecule has 1 aliphatic rings.